The highest BCUT2D eigenvalue weighted by Gasteiger charge is 2.09. The summed E-state index contributed by atoms with van der Waals surface area (Å²) in [6, 6.07) is 18.7. The molecule has 0 saturated carbocycles. The minimum Gasteiger partial charge on any atom is -0.346 e. The lowest BCUT2D eigenvalue weighted by molar-refractivity contribution is -0.117. The zero-order valence-corrected chi connectivity index (χ0v) is 11.5. The third-order valence-corrected chi connectivity index (χ3v) is 3.58. The zero-order valence-electron chi connectivity index (χ0n) is 11.5. The van der Waals surface area contributed by atoms with Crippen molar-refractivity contribution in [3.8, 4) is 11.1 Å². The molecule has 2 heteroatoms. The number of carbonyl (C=O) groups excluding carboxylic acids is 1. The maximum Gasteiger partial charge on any atom is 0.131 e. The van der Waals surface area contributed by atoms with Crippen LogP contribution in [0.1, 0.15) is 13.3 Å². The van der Waals surface area contributed by atoms with E-state index in [9.17, 15) is 4.79 Å². The first-order valence-corrected chi connectivity index (χ1v) is 6.88. The Bertz CT molecular complexity index is 740. The minimum absolute atomic E-state index is 0.226. The van der Waals surface area contributed by atoms with E-state index in [0.29, 0.717) is 6.42 Å². The van der Waals surface area contributed by atoms with Crippen LogP contribution in [0, 0.1) is 0 Å². The van der Waals surface area contributed by atoms with Crippen molar-refractivity contribution < 1.29 is 4.79 Å². The number of carbonyl (C=O) groups is 1. The van der Waals surface area contributed by atoms with Gasteiger partial charge in [-0.25, -0.2) is 0 Å². The molecule has 1 aromatic heterocycles. The first-order valence-electron chi connectivity index (χ1n) is 6.88. The summed E-state index contributed by atoms with van der Waals surface area (Å²) in [4.78, 5) is 11.2. The Morgan fingerprint density at radius 2 is 1.70 bits per heavy atom. The van der Waals surface area contributed by atoms with E-state index in [2.05, 4.69) is 53.2 Å². The van der Waals surface area contributed by atoms with Crippen LogP contribution in [-0.4, -0.2) is 10.4 Å². The smallest absolute Gasteiger partial charge is 0.131 e. The Morgan fingerprint density at radius 3 is 2.45 bits per heavy atom. The molecule has 0 unspecified atom stereocenters. The van der Waals surface area contributed by atoms with E-state index in [0.717, 1.165) is 6.54 Å². The first-order chi connectivity index (χ1) is 9.75. The Kier molecular flexibility index (Phi) is 3.38. The summed E-state index contributed by atoms with van der Waals surface area (Å²) in [7, 11) is 0. The number of para-hydroxylation sites is 1. The fourth-order valence-corrected chi connectivity index (χ4v) is 2.56. The van der Waals surface area contributed by atoms with Crippen molar-refractivity contribution in [2.45, 2.75) is 19.9 Å². The highest BCUT2D eigenvalue weighted by molar-refractivity contribution is 5.96. The molecule has 100 valence electrons. The minimum atomic E-state index is 0.226. The van der Waals surface area contributed by atoms with E-state index in [4.69, 9.17) is 0 Å². The Morgan fingerprint density at radius 1 is 1.00 bits per heavy atom. The summed E-state index contributed by atoms with van der Waals surface area (Å²) in [5.74, 6) is 0.226. The number of fused-ring (bicyclic) bond motifs is 1. The third kappa shape index (κ3) is 2.37. The molecule has 0 atom stereocenters. The summed E-state index contributed by atoms with van der Waals surface area (Å²) in [5, 5.41) is 1.24. The van der Waals surface area contributed by atoms with Gasteiger partial charge in [0.05, 0.1) is 0 Å². The predicted molar refractivity (Wildman–Crippen MR) is 82.7 cm³/mol. The van der Waals surface area contributed by atoms with E-state index in [-0.39, 0.29) is 5.78 Å². The number of aromatic nitrogens is 1. The van der Waals surface area contributed by atoms with Crippen LogP contribution in [0.4, 0.5) is 0 Å². The Hall–Kier alpha value is -2.35. The van der Waals surface area contributed by atoms with Crippen molar-refractivity contribution in [2.75, 3.05) is 0 Å². The molecule has 0 aliphatic rings. The van der Waals surface area contributed by atoms with Gasteiger partial charge in [-0.2, -0.15) is 0 Å². The SMILES string of the molecule is CC(=O)CCn1cc(-c2ccccc2)c2ccccc21. The van der Waals surface area contributed by atoms with Gasteiger partial charge < -0.3 is 4.57 Å². The molecule has 0 N–H and O–H groups in total. The van der Waals surface area contributed by atoms with Crippen LogP contribution in [0.25, 0.3) is 22.0 Å². The molecule has 2 aromatic carbocycles. The fraction of sp³-hybridized carbons (Fsp3) is 0.167. The zero-order chi connectivity index (χ0) is 13.9. The Balaban J connectivity index is 2.11. The van der Waals surface area contributed by atoms with E-state index in [1.54, 1.807) is 6.92 Å². The van der Waals surface area contributed by atoms with Crippen molar-refractivity contribution >= 4 is 16.7 Å². The number of nitrogens with zero attached hydrogens (tertiary/aromatic N) is 1. The molecule has 0 aliphatic carbocycles. The molecular weight excluding hydrogens is 246 g/mol. The van der Waals surface area contributed by atoms with Gasteiger partial charge in [0.25, 0.3) is 0 Å². The topological polar surface area (TPSA) is 22.0 Å². The summed E-state index contributed by atoms with van der Waals surface area (Å²) < 4.78 is 2.18. The van der Waals surface area contributed by atoms with Gasteiger partial charge in [0.15, 0.2) is 0 Å². The van der Waals surface area contributed by atoms with Gasteiger partial charge in [-0.3, -0.25) is 4.79 Å². The van der Waals surface area contributed by atoms with Crippen LogP contribution in [0.5, 0.6) is 0 Å². The lowest BCUT2D eigenvalue weighted by atomic mass is 10.1. The Labute approximate surface area is 118 Å². The van der Waals surface area contributed by atoms with Crippen LogP contribution in [0.3, 0.4) is 0 Å². The van der Waals surface area contributed by atoms with Crippen LogP contribution < -0.4 is 0 Å². The van der Waals surface area contributed by atoms with Crippen LogP contribution in [-0.2, 0) is 11.3 Å². The second kappa shape index (κ2) is 5.33. The molecule has 0 fully saturated rings. The molecule has 0 radical (unpaired) electrons. The average molecular weight is 263 g/mol. The van der Waals surface area contributed by atoms with Gasteiger partial charge in [0, 0.05) is 35.6 Å². The molecule has 1 heterocycles. The van der Waals surface area contributed by atoms with Crippen molar-refractivity contribution in [2.24, 2.45) is 0 Å². The number of aryl methyl sites for hydroxylation is 1. The normalized spacial score (nSPS) is 10.8. The lowest BCUT2D eigenvalue weighted by Crippen LogP contribution is -2.00. The molecule has 0 amide bonds. The lowest BCUT2D eigenvalue weighted by Gasteiger charge is -2.02. The third-order valence-electron chi connectivity index (χ3n) is 3.58. The van der Waals surface area contributed by atoms with E-state index in [1.807, 2.05) is 12.1 Å². The van der Waals surface area contributed by atoms with Gasteiger partial charge >= 0.3 is 0 Å². The summed E-state index contributed by atoms with van der Waals surface area (Å²) >= 11 is 0. The highest BCUT2D eigenvalue weighted by Crippen LogP contribution is 2.30. The second-order valence-corrected chi connectivity index (χ2v) is 5.07. The van der Waals surface area contributed by atoms with Gasteiger partial charge in [-0.1, -0.05) is 48.5 Å². The first kappa shape index (κ1) is 12.7. The number of hydrogen-bond donors (Lipinski definition) is 0. The van der Waals surface area contributed by atoms with Gasteiger partial charge in [0.1, 0.15) is 5.78 Å². The van der Waals surface area contributed by atoms with Crippen LogP contribution in [0.15, 0.2) is 60.8 Å². The maximum atomic E-state index is 11.2. The number of benzene rings is 2. The molecular formula is C18H17NO. The van der Waals surface area contributed by atoms with Crippen molar-refractivity contribution in [3.05, 3.63) is 60.8 Å². The van der Waals surface area contributed by atoms with Gasteiger partial charge in [-0.05, 0) is 18.6 Å². The monoisotopic (exact) mass is 263 g/mol. The van der Waals surface area contributed by atoms with Crippen molar-refractivity contribution in [1.29, 1.82) is 0 Å². The predicted octanol–water partition coefficient (Wildman–Crippen LogP) is 4.29. The molecule has 2 nitrogen and oxygen atoms in total. The molecule has 0 bridgehead atoms. The molecule has 0 aliphatic heterocycles. The second-order valence-electron chi connectivity index (χ2n) is 5.07. The van der Waals surface area contributed by atoms with E-state index in [1.165, 1.54) is 22.0 Å². The molecule has 3 aromatic rings. The van der Waals surface area contributed by atoms with Crippen molar-refractivity contribution in [1.82, 2.24) is 4.57 Å². The number of ketones is 1. The quantitative estimate of drug-likeness (QED) is 0.688. The van der Waals surface area contributed by atoms with E-state index >= 15 is 0 Å². The van der Waals surface area contributed by atoms with Crippen LogP contribution in [0.2, 0.25) is 0 Å². The summed E-state index contributed by atoms with van der Waals surface area (Å²) in [5.41, 5.74) is 3.63. The van der Waals surface area contributed by atoms with Crippen LogP contribution >= 0.6 is 0 Å². The van der Waals surface area contributed by atoms with E-state index < -0.39 is 0 Å². The number of Topliss-reactive ketones (excluding diaryl/α,β-unsaturated/α-hetero) is 1. The van der Waals surface area contributed by atoms with Gasteiger partial charge in [0.2, 0.25) is 0 Å². The standard InChI is InChI=1S/C18H17NO/c1-14(20)11-12-19-13-17(15-7-3-2-4-8-15)16-9-5-6-10-18(16)19/h2-10,13H,11-12H2,1H3. The fourth-order valence-electron chi connectivity index (χ4n) is 2.56. The highest BCUT2D eigenvalue weighted by atomic mass is 16.1. The summed E-state index contributed by atoms with van der Waals surface area (Å²) in [6.07, 6.45) is 2.73. The molecule has 3 rings (SSSR count). The molecule has 0 spiro atoms. The average Bonchev–Trinajstić information content (AvgIpc) is 2.85. The van der Waals surface area contributed by atoms with Gasteiger partial charge in [-0.15, -0.1) is 0 Å². The van der Waals surface area contributed by atoms with Crippen molar-refractivity contribution in [3.63, 3.8) is 0 Å². The summed E-state index contributed by atoms with van der Waals surface area (Å²) in [6.45, 7) is 2.38. The molecule has 20 heavy (non-hydrogen) atoms. The number of hydrogen-bond acceptors (Lipinski definition) is 1. The maximum absolute atomic E-state index is 11.2. The number of rotatable bonds is 4. The molecule has 0 saturated heterocycles. The largest absolute Gasteiger partial charge is 0.346 e.